The van der Waals surface area contributed by atoms with Crippen molar-refractivity contribution in [1.29, 1.82) is 0 Å². The summed E-state index contributed by atoms with van der Waals surface area (Å²) in [6.07, 6.45) is -0.405. The summed E-state index contributed by atoms with van der Waals surface area (Å²) in [6.45, 7) is 15.0. The molecule has 0 saturated carbocycles. The van der Waals surface area contributed by atoms with Crippen molar-refractivity contribution < 1.29 is 18.8 Å². The van der Waals surface area contributed by atoms with Crippen molar-refractivity contribution in [3.8, 4) is 0 Å². The number of carbonyl (C=O) groups excluding carboxylic acids is 1. The Kier molecular flexibility index (Phi) is 8.23. The second-order valence-electron chi connectivity index (χ2n) is 8.09. The fourth-order valence-corrected chi connectivity index (χ4v) is 2.68. The average Bonchev–Trinajstić information content (AvgIpc) is 2.22. The third-order valence-corrected chi connectivity index (χ3v) is 4.43. The highest BCUT2D eigenvalue weighted by Crippen LogP contribution is 2.17. The van der Waals surface area contributed by atoms with Crippen LogP contribution in [0.25, 0.3) is 0 Å². The maximum atomic E-state index is 12.2. The lowest BCUT2D eigenvalue weighted by Gasteiger charge is -2.29. The highest BCUT2D eigenvalue weighted by Gasteiger charge is 2.30. The van der Waals surface area contributed by atoms with Gasteiger partial charge in [-0.2, -0.15) is 0 Å². The maximum absolute atomic E-state index is 12.2. The molecule has 6 heteroatoms. The van der Waals surface area contributed by atoms with Gasteiger partial charge in [-0.05, 0) is 53.9 Å². The number of rotatable bonds is 7. The zero-order valence-electron chi connectivity index (χ0n) is 15.2. The first-order valence-corrected chi connectivity index (χ1v) is 8.95. The zero-order valence-corrected chi connectivity index (χ0v) is 16.0. The smallest absolute Gasteiger partial charge is 0.308 e. The predicted octanol–water partition coefficient (Wildman–Crippen LogP) is 2.55. The van der Waals surface area contributed by atoms with Crippen molar-refractivity contribution in [2.24, 2.45) is 5.92 Å². The van der Waals surface area contributed by atoms with Crippen molar-refractivity contribution in [1.82, 2.24) is 4.72 Å². The molecular weight excluding hydrogens is 302 g/mol. The molecule has 0 amide bonds. The first-order valence-electron chi connectivity index (χ1n) is 7.80. The fourth-order valence-electron chi connectivity index (χ4n) is 1.80. The molecule has 0 aromatic rings. The highest BCUT2D eigenvalue weighted by atomic mass is 32.2. The van der Waals surface area contributed by atoms with Gasteiger partial charge in [0.2, 0.25) is 0 Å². The Morgan fingerprint density at radius 2 is 1.68 bits per heavy atom. The summed E-state index contributed by atoms with van der Waals surface area (Å²) in [5, 5.41) is 10.3. The highest BCUT2D eigenvalue weighted by molar-refractivity contribution is 7.84. The van der Waals surface area contributed by atoms with E-state index in [-0.39, 0.29) is 6.42 Å². The van der Waals surface area contributed by atoms with E-state index in [9.17, 15) is 14.1 Å². The number of carbonyl (C=O) groups is 1. The predicted molar refractivity (Wildman–Crippen MR) is 90.7 cm³/mol. The molecule has 0 bridgehead atoms. The quantitative estimate of drug-likeness (QED) is 0.701. The molecule has 3 atom stereocenters. The van der Waals surface area contributed by atoms with Crippen LogP contribution < -0.4 is 4.72 Å². The van der Waals surface area contributed by atoms with Crippen LogP contribution >= 0.6 is 0 Å². The topological polar surface area (TPSA) is 75.6 Å². The van der Waals surface area contributed by atoms with Crippen molar-refractivity contribution in [2.45, 2.75) is 90.7 Å². The molecule has 5 nitrogen and oxygen atoms in total. The second kappa shape index (κ2) is 8.41. The van der Waals surface area contributed by atoms with Gasteiger partial charge in [0.25, 0.3) is 0 Å². The summed E-state index contributed by atoms with van der Waals surface area (Å²) in [7, 11) is -1.30. The monoisotopic (exact) mass is 335 g/mol. The van der Waals surface area contributed by atoms with E-state index >= 15 is 0 Å². The van der Waals surface area contributed by atoms with E-state index in [0.717, 1.165) is 0 Å². The van der Waals surface area contributed by atoms with Crippen molar-refractivity contribution in [2.75, 3.05) is 0 Å². The lowest BCUT2D eigenvalue weighted by atomic mass is 9.98. The van der Waals surface area contributed by atoms with E-state index in [1.54, 1.807) is 20.8 Å². The van der Waals surface area contributed by atoms with E-state index in [2.05, 4.69) is 4.72 Å². The molecule has 0 saturated heterocycles. The number of nitrogens with one attached hydrogen (secondary N) is 1. The van der Waals surface area contributed by atoms with Crippen LogP contribution in [-0.4, -0.2) is 37.8 Å². The molecule has 2 N–H and O–H groups in total. The van der Waals surface area contributed by atoms with Gasteiger partial charge in [0.15, 0.2) is 0 Å². The minimum Gasteiger partial charge on any atom is -0.460 e. The van der Waals surface area contributed by atoms with E-state index in [0.29, 0.717) is 12.3 Å². The lowest BCUT2D eigenvalue weighted by Crippen LogP contribution is -2.47. The Labute approximate surface area is 137 Å². The van der Waals surface area contributed by atoms with Crippen LogP contribution in [0, 0.1) is 5.92 Å². The van der Waals surface area contributed by atoms with Crippen molar-refractivity contribution in [3.05, 3.63) is 0 Å². The summed E-state index contributed by atoms with van der Waals surface area (Å²) in [5.74, 6) is -0.139. The Balaban J connectivity index is 4.81. The molecule has 0 heterocycles. The zero-order chi connectivity index (χ0) is 17.7. The van der Waals surface area contributed by atoms with E-state index in [1.165, 1.54) is 0 Å². The van der Waals surface area contributed by atoms with Gasteiger partial charge in [0.1, 0.15) is 5.60 Å². The van der Waals surface area contributed by atoms with Crippen molar-refractivity contribution in [3.63, 3.8) is 0 Å². The number of ether oxygens (including phenoxy) is 1. The number of esters is 1. The van der Waals surface area contributed by atoms with Crippen LogP contribution in [0.3, 0.4) is 0 Å². The standard InChI is InChI=1S/C16H33NO4S/c1-11(2)9-12(17-22(20)16(6,7)8)13(18)10-14(19)21-15(3,4)5/h11-13,17-18H,9-10H2,1-8H3/t12-,13+,22-/m0/s1. The molecule has 0 spiro atoms. The maximum Gasteiger partial charge on any atom is 0.308 e. The Morgan fingerprint density at radius 1 is 1.18 bits per heavy atom. The van der Waals surface area contributed by atoms with Gasteiger partial charge in [-0.1, -0.05) is 13.8 Å². The molecular formula is C16H33NO4S. The molecule has 0 aliphatic heterocycles. The van der Waals surface area contributed by atoms with Gasteiger partial charge >= 0.3 is 5.97 Å². The molecule has 0 aliphatic rings. The summed E-state index contributed by atoms with van der Waals surface area (Å²) >= 11 is 0. The third-order valence-electron chi connectivity index (χ3n) is 2.80. The molecule has 0 unspecified atom stereocenters. The van der Waals surface area contributed by atoms with Crippen LogP contribution in [0.2, 0.25) is 0 Å². The largest absolute Gasteiger partial charge is 0.460 e. The molecule has 0 aromatic carbocycles. The summed E-state index contributed by atoms with van der Waals surface area (Å²) in [4.78, 5) is 11.9. The first kappa shape index (κ1) is 21.5. The Hall–Kier alpha value is -0.460. The van der Waals surface area contributed by atoms with E-state index in [4.69, 9.17) is 4.74 Å². The number of hydrogen-bond acceptors (Lipinski definition) is 4. The Bertz CT molecular complexity index is 383. The van der Waals surface area contributed by atoms with Gasteiger partial charge in [-0.3, -0.25) is 4.79 Å². The van der Waals surface area contributed by atoms with Crippen LogP contribution in [0.1, 0.15) is 68.2 Å². The van der Waals surface area contributed by atoms with Gasteiger partial charge in [0, 0.05) is 6.04 Å². The third kappa shape index (κ3) is 9.54. The molecule has 132 valence electrons. The second-order valence-corrected chi connectivity index (χ2v) is 10.1. The minimum atomic E-state index is -1.30. The minimum absolute atomic E-state index is 0.108. The van der Waals surface area contributed by atoms with Crippen LogP contribution in [0.5, 0.6) is 0 Å². The van der Waals surface area contributed by atoms with Gasteiger partial charge in [-0.25, -0.2) is 8.93 Å². The average molecular weight is 336 g/mol. The van der Waals surface area contributed by atoms with Crippen LogP contribution in [-0.2, 0) is 20.5 Å². The van der Waals surface area contributed by atoms with E-state index in [1.807, 2.05) is 34.6 Å². The molecule has 0 fully saturated rings. The number of aliphatic hydroxyl groups is 1. The first-order chi connectivity index (χ1) is 9.72. The molecule has 0 aliphatic carbocycles. The van der Waals surface area contributed by atoms with E-state index < -0.39 is 39.4 Å². The SMILES string of the molecule is CC(C)C[C@H](N[S@@](=O)C(C)(C)C)[C@H](O)CC(=O)OC(C)(C)C. The van der Waals surface area contributed by atoms with Gasteiger partial charge in [0.05, 0.1) is 28.3 Å². The lowest BCUT2D eigenvalue weighted by molar-refractivity contribution is -0.157. The van der Waals surface area contributed by atoms with Crippen molar-refractivity contribution >= 4 is 17.0 Å². The number of aliphatic hydroxyl groups excluding tert-OH is 1. The Morgan fingerprint density at radius 3 is 2.05 bits per heavy atom. The molecule has 0 radical (unpaired) electrons. The normalized spacial score (nSPS) is 17.2. The van der Waals surface area contributed by atoms with Crippen LogP contribution in [0.15, 0.2) is 0 Å². The van der Waals surface area contributed by atoms with Crippen LogP contribution in [0.4, 0.5) is 0 Å². The molecule has 0 aromatic heterocycles. The van der Waals surface area contributed by atoms with Gasteiger partial charge < -0.3 is 9.84 Å². The van der Waals surface area contributed by atoms with Gasteiger partial charge in [-0.15, -0.1) is 0 Å². The fraction of sp³-hybridized carbons (Fsp3) is 0.938. The molecule has 22 heavy (non-hydrogen) atoms. The summed E-state index contributed by atoms with van der Waals surface area (Å²) in [6, 6.07) is -0.410. The number of hydrogen-bond donors (Lipinski definition) is 2. The summed E-state index contributed by atoms with van der Waals surface area (Å²) < 4.78 is 20.0. The summed E-state index contributed by atoms with van der Waals surface area (Å²) in [5.41, 5.74) is -0.577. The molecule has 0 rings (SSSR count).